The Morgan fingerprint density at radius 2 is 2.00 bits per heavy atom. The summed E-state index contributed by atoms with van der Waals surface area (Å²) in [4.78, 5) is 15.6. The summed E-state index contributed by atoms with van der Waals surface area (Å²) in [5, 5.41) is 1.30. The highest BCUT2D eigenvalue weighted by Crippen LogP contribution is 2.42. The highest BCUT2D eigenvalue weighted by atomic mass is 35.5. The van der Waals surface area contributed by atoms with Gasteiger partial charge in [0.1, 0.15) is 0 Å². The Kier molecular flexibility index (Phi) is 7.65. The predicted molar refractivity (Wildman–Crippen MR) is 124 cm³/mol. The smallest absolute Gasteiger partial charge is 0.180 e. The van der Waals surface area contributed by atoms with Gasteiger partial charge in [-0.2, -0.15) is 0 Å². The van der Waals surface area contributed by atoms with Gasteiger partial charge in [0.05, 0.1) is 21.3 Å². The summed E-state index contributed by atoms with van der Waals surface area (Å²) < 4.78 is 0. The molecule has 0 saturated carbocycles. The van der Waals surface area contributed by atoms with E-state index < -0.39 is 0 Å². The average molecular weight is 451 g/mol. The molecule has 1 aromatic carbocycles. The van der Waals surface area contributed by atoms with E-state index in [0.717, 1.165) is 54.7 Å². The molecule has 3 aromatic rings. The molecule has 0 amide bonds. The number of thiazole rings is 1. The fourth-order valence-corrected chi connectivity index (χ4v) is 5.67. The van der Waals surface area contributed by atoms with E-state index in [1.165, 1.54) is 11.3 Å². The monoisotopic (exact) mass is 450 g/mol. The first-order valence-corrected chi connectivity index (χ1v) is 11.9. The molecule has 4 nitrogen and oxygen atoms in total. The van der Waals surface area contributed by atoms with E-state index in [1.807, 2.05) is 49.1 Å². The van der Waals surface area contributed by atoms with Crippen LogP contribution in [0, 0.1) is 6.92 Å². The highest BCUT2D eigenvalue weighted by molar-refractivity contribution is 8.00. The number of aryl methyl sites for hydroxylation is 1. The maximum absolute atomic E-state index is 6.40. The Morgan fingerprint density at radius 3 is 2.68 bits per heavy atom. The van der Waals surface area contributed by atoms with E-state index in [4.69, 9.17) is 22.3 Å². The topological polar surface area (TPSA) is 55.0 Å². The second-order valence-corrected chi connectivity index (χ2v) is 10.2. The number of nitrogens with two attached hydrogens (primary N) is 1. The van der Waals surface area contributed by atoms with Crippen molar-refractivity contribution in [2.45, 2.75) is 28.0 Å². The first kappa shape index (κ1) is 21.5. The van der Waals surface area contributed by atoms with Crippen LogP contribution < -0.4 is 5.73 Å². The van der Waals surface area contributed by atoms with Gasteiger partial charge < -0.3 is 10.6 Å². The molecular formula is C20H23ClN4S3. The van der Waals surface area contributed by atoms with Gasteiger partial charge >= 0.3 is 0 Å². The van der Waals surface area contributed by atoms with E-state index >= 15 is 0 Å². The van der Waals surface area contributed by atoms with Crippen molar-refractivity contribution in [3.8, 4) is 10.6 Å². The maximum Gasteiger partial charge on any atom is 0.180 e. The fraction of sp³-hybridized carbons (Fsp3) is 0.300. The summed E-state index contributed by atoms with van der Waals surface area (Å²) in [7, 11) is 4.20. The Balaban J connectivity index is 1.90. The van der Waals surface area contributed by atoms with Gasteiger partial charge in [0, 0.05) is 20.9 Å². The number of nitrogens with zero attached hydrogens (tertiary/aromatic N) is 3. The lowest BCUT2D eigenvalue weighted by Crippen LogP contribution is -2.13. The molecule has 0 aliphatic heterocycles. The van der Waals surface area contributed by atoms with Crippen molar-refractivity contribution in [2.24, 2.45) is 0 Å². The number of anilines is 1. The zero-order valence-electron chi connectivity index (χ0n) is 16.1. The first-order valence-electron chi connectivity index (χ1n) is 8.87. The summed E-state index contributed by atoms with van der Waals surface area (Å²) in [5.74, 6) is 1.06. The van der Waals surface area contributed by atoms with Gasteiger partial charge in [-0.25, -0.2) is 4.98 Å². The number of nitrogen functional groups attached to an aromatic ring is 1. The van der Waals surface area contributed by atoms with Gasteiger partial charge in [0.2, 0.25) is 0 Å². The summed E-state index contributed by atoms with van der Waals surface area (Å²) >= 11 is 11.3. The van der Waals surface area contributed by atoms with Crippen LogP contribution >= 0.6 is 46.5 Å². The molecule has 28 heavy (non-hydrogen) atoms. The molecular weight excluding hydrogens is 428 g/mol. The number of benzene rings is 1. The third-order valence-electron chi connectivity index (χ3n) is 3.93. The zero-order valence-corrected chi connectivity index (χ0v) is 19.3. The molecule has 0 unspecified atom stereocenters. The van der Waals surface area contributed by atoms with Crippen molar-refractivity contribution in [1.82, 2.24) is 14.9 Å². The number of hydrogen-bond acceptors (Lipinski definition) is 7. The van der Waals surface area contributed by atoms with Gasteiger partial charge in [0.25, 0.3) is 0 Å². The van der Waals surface area contributed by atoms with Crippen LogP contribution in [0.3, 0.4) is 0 Å². The minimum Gasteiger partial charge on any atom is -0.375 e. The van der Waals surface area contributed by atoms with Crippen LogP contribution in [0.1, 0.15) is 12.1 Å². The molecule has 3 rings (SSSR count). The molecule has 0 atom stereocenters. The van der Waals surface area contributed by atoms with E-state index in [-0.39, 0.29) is 0 Å². The van der Waals surface area contributed by atoms with Gasteiger partial charge in [-0.3, -0.25) is 4.98 Å². The Bertz CT molecular complexity index is 943. The summed E-state index contributed by atoms with van der Waals surface area (Å²) in [5.41, 5.74) is 7.74. The Morgan fingerprint density at radius 1 is 1.21 bits per heavy atom. The van der Waals surface area contributed by atoms with Gasteiger partial charge in [-0.05, 0) is 57.9 Å². The molecule has 0 aliphatic rings. The highest BCUT2D eigenvalue weighted by Gasteiger charge is 2.16. The van der Waals surface area contributed by atoms with Gasteiger partial charge in [-0.1, -0.05) is 46.8 Å². The van der Waals surface area contributed by atoms with E-state index in [0.29, 0.717) is 5.13 Å². The minimum atomic E-state index is 0.560. The molecule has 0 bridgehead atoms. The fourth-order valence-electron chi connectivity index (χ4n) is 2.61. The lowest BCUT2D eigenvalue weighted by atomic mass is 10.2. The summed E-state index contributed by atoms with van der Waals surface area (Å²) in [6.45, 7) is 3.05. The molecule has 0 radical (unpaired) electrons. The number of aromatic nitrogens is 2. The second kappa shape index (κ2) is 9.98. The largest absolute Gasteiger partial charge is 0.375 e. The maximum atomic E-state index is 6.40. The van der Waals surface area contributed by atoms with Crippen LogP contribution in [0.4, 0.5) is 5.13 Å². The zero-order chi connectivity index (χ0) is 20.1. The third kappa shape index (κ3) is 5.64. The SMILES string of the molecule is Cc1nc(N)sc1-c1ncc(SCCCN(C)C)cc1Sc1ccccc1Cl. The van der Waals surface area contributed by atoms with Crippen molar-refractivity contribution in [3.63, 3.8) is 0 Å². The Hall–Kier alpha value is -1.25. The first-order chi connectivity index (χ1) is 13.4. The summed E-state index contributed by atoms with van der Waals surface area (Å²) in [6, 6.07) is 10.1. The Labute approximate surface area is 183 Å². The molecule has 2 N–H and O–H groups in total. The minimum absolute atomic E-state index is 0.560. The number of hydrogen-bond donors (Lipinski definition) is 1. The number of rotatable bonds is 8. The van der Waals surface area contributed by atoms with Crippen LogP contribution in [0.2, 0.25) is 5.02 Å². The number of thioether (sulfide) groups is 1. The van der Waals surface area contributed by atoms with Crippen molar-refractivity contribution < 1.29 is 0 Å². The van der Waals surface area contributed by atoms with Crippen molar-refractivity contribution in [1.29, 1.82) is 0 Å². The third-order valence-corrected chi connectivity index (χ3v) is 7.52. The molecule has 2 heterocycles. The van der Waals surface area contributed by atoms with Crippen LogP contribution in [0.25, 0.3) is 10.6 Å². The molecule has 0 aliphatic carbocycles. The normalized spacial score (nSPS) is 11.3. The van der Waals surface area contributed by atoms with E-state index in [1.54, 1.807) is 11.8 Å². The number of pyridine rings is 1. The van der Waals surface area contributed by atoms with Crippen LogP contribution in [0.15, 0.2) is 51.2 Å². The number of halogens is 1. The molecule has 0 saturated heterocycles. The van der Waals surface area contributed by atoms with Crippen molar-refractivity contribution in [3.05, 3.63) is 47.2 Å². The molecule has 148 valence electrons. The van der Waals surface area contributed by atoms with E-state index in [2.05, 4.69) is 30.0 Å². The average Bonchev–Trinajstić information content (AvgIpc) is 2.99. The van der Waals surface area contributed by atoms with Crippen LogP contribution in [-0.4, -0.2) is 41.3 Å². The van der Waals surface area contributed by atoms with Crippen molar-refractivity contribution in [2.75, 3.05) is 32.1 Å². The molecule has 2 aromatic heterocycles. The van der Waals surface area contributed by atoms with Gasteiger partial charge in [-0.15, -0.1) is 11.8 Å². The molecule has 0 fully saturated rings. The van der Waals surface area contributed by atoms with Crippen LogP contribution in [0.5, 0.6) is 0 Å². The van der Waals surface area contributed by atoms with Gasteiger partial charge in [0.15, 0.2) is 5.13 Å². The molecule has 8 heteroatoms. The standard InChI is InChI=1S/C20H23ClN4S3/c1-13-19(28-20(22)24-13)18-17(27-16-8-5-4-7-15(16)21)11-14(12-23-18)26-10-6-9-25(2)3/h4-5,7-8,11-12H,6,9-10H2,1-3H3,(H2,22,24). The lowest BCUT2D eigenvalue weighted by Gasteiger charge is -2.12. The quantitative estimate of drug-likeness (QED) is 0.338. The second-order valence-electron chi connectivity index (χ2n) is 6.52. The molecule has 0 spiro atoms. The predicted octanol–water partition coefficient (Wildman–Crippen LogP) is 5.94. The van der Waals surface area contributed by atoms with Crippen molar-refractivity contribution >= 4 is 51.6 Å². The lowest BCUT2D eigenvalue weighted by molar-refractivity contribution is 0.410. The van der Waals surface area contributed by atoms with Crippen LogP contribution in [-0.2, 0) is 0 Å². The van der Waals surface area contributed by atoms with E-state index in [9.17, 15) is 0 Å². The summed E-state index contributed by atoms with van der Waals surface area (Å²) in [6.07, 6.45) is 3.08.